The van der Waals surface area contributed by atoms with Gasteiger partial charge < -0.3 is 13.9 Å². The van der Waals surface area contributed by atoms with E-state index in [0.29, 0.717) is 56.1 Å². The molecule has 3 heterocycles. The van der Waals surface area contributed by atoms with Crippen molar-refractivity contribution in [1.82, 2.24) is 14.1 Å². The normalized spacial score (nSPS) is 13.9. The van der Waals surface area contributed by atoms with Crippen molar-refractivity contribution in [3.8, 4) is 50.9 Å². The van der Waals surface area contributed by atoms with Gasteiger partial charge in [-0.25, -0.2) is 4.98 Å². The minimum atomic E-state index is -0.471. The Labute approximate surface area is 422 Å². The van der Waals surface area contributed by atoms with Crippen molar-refractivity contribution in [2.24, 2.45) is 0 Å². The molecule has 0 bridgehead atoms. The molecule has 0 radical (unpaired) electrons. The summed E-state index contributed by atoms with van der Waals surface area (Å²) in [6.45, 7) is 17.4. The number of hydrogen-bond acceptors (Lipinski definition) is 2. The van der Waals surface area contributed by atoms with Crippen LogP contribution in [0.15, 0.2) is 164 Å². The molecular formula is C61H56N4OPt-2. The van der Waals surface area contributed by atoms with E-state index in [1.807, 2.05) is 69.8 Å². The SMILES string of the molecule is [2H]c1c([2H])c([2H])c(-c2cccc(-c3cc(C(C)(C)C)cc(C(C)(C)C)c3)c2-[n+]2[c-]n(-c3[c-]c(Oc4[c-]c5c(cc4)c4c([2H])c([2H])c([2H])c([2H])c4n5-c4cc(C(CC)CC)ccn4)ccc3)c3ccccc32)c([2H])c1[2H].[Pt]. The monoisotopic (exact) mass is 1060 g/mol. The molecule has 6 heteroatoms. The third-order valence-electron chi connectivity index (χ3n) is 12.5. The van der Waals surface area contributed by atoms with Gasteiger partial charge in [-0.05, 0) is 97.8 Å². The van der Waals surface area contributed by atoms with E-state index in [1.165, 1.54) is 0 Å². The predicted molar refractivity (Wildman–Crippen MR) is 272 cm³/mol. The Morgan fingerprint density at radius 3 is 2.06 bits per heavy atom. The molecule has 5 nitrogen and oxygen atoms in total. The second-order valence-corrected chi connectivity index (χ2v) is 18.9. The first-order valence-corrected chi connectivity index (χ1v) is 22.6. The summed E-state index contributed by atoms with van der Waals surface area (Å²) >= 11 is 0. The van der Waals surface area contributed by atoms with Gasteiger partial charge in [-0.3, -0.25) is 4.57 Å². The molecule has 0 fully saturated rings. The Balaban J connectivity index is 0.00000706. The van der Waals surface area contributed by atoms with E-state index in [1.54, 1.807) is 35.0 Å². The summed E-state index contributed by atoms with van der Waals surface area (Å²) in [5.41, 5.74) is 8.44. The molecule has 0 saturated carbocycles. The smallest absolute Gasteiger partial charge is 0.268 e. The van der Waals surface area contributed by atoms with Crippen molar-refractivity contribution in [2.75, 3.05) is 0 Å². The third kappa shape index (κ3) is 8.67. The number of hydrogen-bond donors (Lipinski definition) is 0. The van der Waals surface area contributed by atoms with Gasteiger partial charge >= 0.3 is 0 Å². The van der Waals surface area contributed by atoms with Gasteiger partial charge in [0.2, 0.25) is 0 Å². The van der Waals surface area contributed by atoms with Crippen LogP contribution in [0, 0.1) is 18.5 Å². The zero-order chi connectivity index (χ0) is 53.6. The van der Waals surface area contributed by atoms with Crippen LogP contribution in [0.5, 0.6) is 11.5 Å². The summed E-state index contributed by atoms with van der Waals surface area (Å²) in [6.07, 6.45) is 7.20. The molecule has 7 aromatic carbocycles. The van der Waals surface area contributed by atoms with Gasteiger partial charge in [0.25, 0.3) is 6.33 Å². The first-order valence-electron chi connectivity index (χ1n) is 27.1. The summed E-state index contributed by atoms with van der Waals surface area (Å²) in [5.74, 6) is 1.43. The molecule has 3 aromatic heterocycles. The summed E-state index contributed by atoms with van der Waals surface area (Å²) < 4.78 is 91.7. The van der Waals surface area contributed by atoms with Crippen LogP contribution in [0.1, 0.15) is 103 Å². The van der Waals surface area contributed by atoms with Crippen molar-refractivity contribution < 1.29 is 42.7 Å². The van der Waals surface area contributed by atoms with Crippen molar-refractivity contribution >= 4 is 32.8 Å². The minimum Gasteiger partial charge on any atom is -0.510 e. The standard InChI is InChI=1S/C61H56N4O.Pt/c1-9-41(10-2)43-32-33-62-58(36-43)65-54-27-15-14-24-52(54)53-31-30-49(39-57(53)65)66-48-23-18-22-47(38-48)63-40-64(56-29-17-16-28-55(56)63)59-50(42-20-12-11-13-21-42)25-19-26-51(59)44-34-45(60(3,4)5)37-46(35-44)61(6,7)8;/h11-37,41H,9-10H2,1-8H3;/q-2;/i11D,12D,13D,14D,15D,20D,21D,24D,27D;. The van der Waals surface area contributed by atoms with Gasteiger partial charge in [0.1, 0.15) is 5.82 Å². The number of rotatable bonds is 10. The summed E-state index contributed by atoms with van der Waals surface area (Å²) in [6, 6.07) is 37.0. The average molecular weight is 1070 g/mol. The van der Waals surface area contributed by atoms with Crippen LogP contribution >= 0.6 is 0 Å². The average Bonchev–Trinajstić information content (AvgIpc) is 3.97. The van der Waals surface area contributed by atoms with Gasteiger partial charge in [-0.1, -0.05) is 170 Å². The van der Waals surface area contributed by atoms with E-state index < -0.39 is 18.1 Å². The molecule has 0 aliphatic carbocycles. The quantitative estimate of drug-likeness (QED) is 0.101. The van der Waals surface area contributed by atoms with Crippen molar-refractivity contribution in [2.45, 2.75) is 85.0 Å². The zero-order valence-electron chi connectivity index (χ0n) is 47.9. The van der Waals surface area contributed by atoms with Gasteiger partial charge in [0.15, 0.2) is 0 Å². The third-order valence-corrected chi connectivity index (χ3v) is 12.5. The molecule has 0 atom stereocenters. The molecule has 338 valence electrons. The number of ether oxygens (including phenoxy) is 1. The maximum Gasteiger partial charge on any atom is 0.268 e. The summed E-state index contributed by atoms with van der Waals surface area (Å²) in [7, 11) is 0. The van der Waals surface area contributed by atoms with Crippen molar-refractivity contribution in [3.05, 3.63) is 199 Å². The van der Waals surface area contributed by atoms with Gasteiger partial charge in [0.05, 0.1) is 29.1 Å². The zero-order valence-corrected chi connectivity index (χ0v) is 41.2. The van der Waals surface area contributed by atoms with E-state index in [-0.39, 0.29) is 79.6 Å². The maximum absolute atomic E-state index is 9.20. The molecule has 0 unspecified atom stereocenters. The van der Waals surface area contributed by atoms with Crippen LogP contribution < -0.4 is 9.30 Å². The van der Waals surface area contributed by atoms with Gasteiger partial charge in [0, 0.05) is 44.3 Å². The predicted octanol–water partition coefficient (Wildman–Crippen LogP) is 15.4. The van der Waals surface area contributed by atoms with E-state index in [9.17, 15) is 2.74 Å². The first-order chi connectivity index (χ1) is 35.6. The van der Waals surface area contributed by atoms with Gasteiger partial charge in [-0.15, -0.1) is 29.7 Å². The van der Waals surface area contributed by atoms with Crippen molar-refractivity contribution in [1.29, 1.82) is 0 Å². The van der Waals surface area contributed by atoms with E-state index >= 15 is 0 Å². The fourth-order valence-corrected chi connectivity index (χ4v) is 8.88. The number of fused-ring (bicyclic) bond motifs is 4. The second kappa shape index (κ2) is 18.3. The van der Waals surface area contributed by atoms with Crippen LogP contribution in [0.4, 0.5) is 0 Å². The van der Waals surface area contributed by atoms with E-state index in [0.717, 1.165) is 51.7 Å². The fourth-order valence-electron chi connectivity index (χ4n) is 8.88. The Morgan fingerprint density at radius 2 is 1.33 bits per heavy atom. The number of imidazole rings is 1. The number of aromatic nitrogens is 4. The molecule has 0 N–H and O–H groups in total. The maximum atomic E-state index is 9.20. The minimum absolute atomic E-state index is 0. The number of para-hydroxylation sites is 4. The van der Waals surface area contributed by atoms with Crippen LogP contribution in [-0.4, -0.2) is 14.1 Å². The van der Waals surface area contributed by atoms with E-state index in [2.05, 4.69) is 92.0 Å². The van der Waals surface area contributed by atoms with Crippen LogP contribution in [0.3, 0.4) is 0 Å². The molecule has 10 aromatic rings. The molecule has 0 amide bonds. The summed E-state index contributed by atoms with van der Waals surface area (Å²) in [5, 5.41) is 0.927. The molecular weight excluding hydrogens is 1000 g/mol. The molecule has 0 aliphatic rings. The molecule has 67 heavy (non-hydrogen) atoms. The molecule has 0 aliphatic heterocycles. The van der Waals surface area contributed by atoms with Gasteiger partial charge in [-0.2, -0.15) is 18.2 Å². The number of nitrogens with zero attached hydrogens (tertiary/aromatic N) is 4. The van der Waals surface area contributed by atoms with Crippen LogP contribution in [-0.2, 0) is 31.9 Å². The second-order valence-electron chi connectivity index (χ2n) is 18.9. The largest absolute Gasteiger partial charge is 0.510 e. The molecule has 0 spiro atoms. The fraction of sp³-hybridized carbons (Fsp3) is 0.213. The topological polar surface area (TPSA) is 35.9 Å². The Hall–Kier alpha value is -6.55. The Morgan fingerprint density at radius 1 is 0.657 bits per heavy atom. The van der Waals surface area contributed by atoms with Crippen LogP contribution in [0.2, 0.25) is 0 Å². The number of benzene rings is 7. The van der Waals surface area contributed by atoms with Crippen LogP contribution in [0.25, 0.3) is 72.3 Å². The Bertz CT molecular complexity index is 3880. The molecule has 0 saturated heterocycles. The number of pyridine rings is 1. The van der Waals surface area contributed by atoms with E-state index in [4.69, 9.17) is 19.3 Å². The van der Waals surface area contributed by atoms with Crippen molar-refractivity contribution in [3.63, 3.8) is 0 Å². The summed E-state index contributed by atoms with van der Waals surface area (Å²) in [4.78, 5) is 4.75. The molecule has 10 rings (SSSR count). The Kier molecular flexibility index (Phi) is 9.71. The first kappa shape index (κ1) is 35.6.